The van der Waals surface area contributed by atoms with Crippen molar-refractivity contribution in [3.63, 3.8) is 0 Å². The van der Waals surface area contributed by atoms with Gasteiger partial charge in [0.25, 0.3) is 10.0 Å². The first-order valence-corrected chi connectivity index (χ1v) is 12.7. The number of allylic oxidation sites excluding steroid dienone is 1. The van der Waals surface area contributed by atoms with Gasteiger partial charge in [0.2, 0.25) is 5.91 Å². The molecule has 10 heteroatoms. The Morgan fingerprint density at radius 1 is 0.914 bits per heavy atom. The van der Waals surface area contributed by atoms with Crippen LogP contribution >= 0.6 is 0 Å². The van der Waals surface area contributed by atoms with E-state index in [2.05, 4.69) is 11.4 Å². The SMILES string of the molecule is COc1ccc(OC)c(N(CC(=O)NCC2=CCCCC2)S(=O)(=O)c2ccc(OC)c(OC)c2)c1. The first kappa shape index (κ1) is 26.2. The van der Waals surface area contributed by atoms with Crippen LogP contribution in [0.5, 0.6) is 23.0 Å². The van der Waals surface area contributed by atoms with Crippen LogP contribution in [0.1, 0.15) is 25.7 Å². The summed E-state index contributed by atoms with van der Waals surface area (Å²) >= 11 is 0. The van der Waals surface area contributed by atoms with Gasteiger partial charge in [-0.25, -0.2) is 8.42 Å². The second kappa shape index (κ2) is 11.8. The zero-order valence-electron chi connectivity index (χ0n) is 20.5. The van der Waals surface area contributed by atoms with Crippen molar-refractivity contribution in [2.24, 2.45) is 0 Å². The maximum absolute atomic E-state index is 13.9. The van der Waals surface area contributed by atoms with Crippen molar-refractivity contribution in [1.29, 1.82) is 0 Å². The smallest absolute Gasteiger partial charge is 0.265 e. The normalized spacial score (nSPS) is 13.4. The van der Waals surface area contributed by atoms with Crippen molar-refractivity contribution in [3.8, 4) is 23.0 Å². The third kappa shape index (κ3) is 6.19. The first-order chi connectivity index (χ1) is 16.8. The van der Waals surface area contributed by atoms with Gasteiger partial charge in [0.1, 0.15) is 18.0 Å². The fraction of sp³-hybridized carbons (Fsp3) is 0.400. The van der Waals surface area contributed by atoms with Crippen molar-refractivity contribution >= 4 is 21.6 Å². The van der Waals surface area contributed by atoms with Gasteiger partial charge < -0.3 is 24.3 Å². The molecule has 1 N–H and O–H groups in total. The third-order valence-corrected chi connectivity index (χ3v) is 7.54. The average Bonchev–Trinajstić information content (AvgIpc) is 2.90. The van der Waals surface area contributed by atoms with Crippen LogP contribution in [0.15, 0.2) is 52.9 Å². The number of sulfonamides is 1. The molecule has 0 aromatic heterocycles. The standard InChI is InChI=1S/C25H32N2O7S/c1-31-19-10-12-22(32-2)21(14-19)27(17-25(28)26-16-18-8-6-5-7-9-18)35(29,30)20-11-13-23(33-3)24(15-20)34-4/h8,10-15H,5-7,9,16-17H2,1-4H3,(H,26,28). The second-order valence-electron chi connectivity index (χ2n) is 7.95. The molecule has 0 atom stereocenters. The van der Waals surface area contributed by atoms with Gasteiger partial charge in [0, 0.05) is 18.7 Å². The summed E-state index contributed by atoms with van der Waals surface area (Å²) in [5.41, 5.74) is 1.33. The number of benzene rings is 2. The van der Waals surface area contributed by atoms with Crippen LogP contribution in [-0.4, -0.2) is 55.9 Å². The van der Waals surface area contributed by atoms with Crippen molar-refractivity contribution in [2.45, 2.75) is 30.6 Å². The molecule has 0 unspecified atom stereocenters. The Bertz CT molecular complexity index is 1180. The quantitative estimate of drug-likeness (QED) is 0.467. The zero-order valence-corrected chi connectivity index (χ0v) is 21.3. The molecule has 2 aromatic carbocycles. The van der Waals surface area contributed by atoms with Crippen molar-refractivity contribution in [3.05, 3.63) is 48.0 Å². The Morgan fingerprint density at radius 2 is 1.63 bits per heavy atom. The minimum absolute atomic E-state index is 0.0668. The van der Waals surface area contributed by atoms with E-state index < -0.39 is 22.5 Å². The van der Waals surface area contributed by atoms with Gasteiger partial charge in [-0.2, -0.15) is 0 Å². The summed E-state index contributed by atoms with van der Waals surface area (Å²) < 4.78 is 50.0. The van der Waals surface area contributed by atoms with Gasteiger partial charge in [0.05, 0.1) is 39.0 Å². The molecule has 3 rings (SSSR count). The van der Waals surface area contributed by atoms with Crippen LogP contribution in [0.4, 0.5) is 5.69 Å². The monoisotopic (exact) mass is 504 g/mol. The average molecular weight is 505 g/mol. The van der Waals surface area contributed by atoms with Crippen LogP contribution in [0, 0.1) is 0 Å². The second-order valence-corrected chi connectivity index (χ2v) is 9.81. The van der Waals surface area contributed by atoms with E-state index in [1.165, 1.54) is 52.7 Å². The van der Waals surface area contributed by atoms with E-state index in [0.29, 0.717) is 18.0 Å². The van der Waals surface area contributed by atoms with Gasteiger partial charge in [-0.15, -0.1) is 0 Å². The number of nitrogens with zero attached hydrogens (tertiary/aromatic N) is 1. The molecule has 0 saturated heterocycles. The van der Waals surface area contributed by atoms with Gasteiger partial charge in [-0.05, 0) is 49.9 Å². The Kier molecular flexibility index (Phi) is 8.86. The fourth-order valence-electron chi connectivity index (χ4n) is 3.86. The molecule has 0 radical (unpaired) electrons. The molecule has 0 fully saturated rings. The van der Waals surface area contributed by atoms with Gasteiger partial charge in [0.15, 0.2) is 11.5 Å². The van der Waals surface area contributed by atoms with Gasteiger partial charge in [-0.3, -0.25) is 9.10 Å². The van der Waals surface area contributed by atoms with E-state index in [-0.39, 0.29) is 22.1 Å². The Hall–Kier alpha value is -3.40. The van der Waals surface area contributed by atoms with E-state index in [9.17, 15) is 13.2 Å². The van der Waals surface area contributed by atoms with E-state index >= 15 is 0 Å². The lowest BCUT2D eigenvalue weighted by Crippen LogP contribution is -2.41. The zero-order chi connectivity index (χ0) is 25.4. The summed E-state index contributed by atoms with van der Waals surface area (Å²) in [4.78, 5) is 12.9. The van der Waals surface area contributed by atoms with Crippen molar-refractivity contribution < 1.29 is 32.2 Å². The van der Waals surface area contributed by atoms with Crippen LogP contribution < -0.4 is 28.6 Å². The molecule has 190 valence electrons. The number of carbonyl (C=O) groups excluding carboxylic acids is 1. The number of nitrogens with one attached hydrogen (secondary N) is 1. The molecule has 1 amide bonds. The molecule has 0 bridgehead atoms. The molecule has 0 heterocycles. The van der Waals surface area contributed by atoms with E-state index in [4.69, 9.17) is 18.9 Å². The lowest BCUT2D eigenvalue weighted by atomic mass is 10.00. The highest BCUT2D eigenvalue weighted by molar-refractivity contribution is 7.92. The maximum Gasteiger partial charge on any atom is 0.265 e. The molecule has 2 aromatic rings. The van der Waals surface area contributed by atoms with Crippen LogP contribution in [0.2, 0.25) is 0 Å². The molecule has 1 aliphatic rings. The third-order valence-electron chi connectivity index (χ3n) is 5.78. The lowest BCUT2D eigenvalue weighted by Gasteiger charge is -2.26. The molecule has 35 heavy (non-hydrogen) atoms. The van der Waals surface area contributed by atoms with Gasteiger partial charge in [-0.1, -0.05) is 11.6 Å². The van der Waals surface area contributed by atoms with Crippen LogP contribution in [0.25, 0.3) is 0 Å². The molecule has 1 aliphatic carbocycles. The summed E-state index contributed by atoms with van der Waals surface area (Å²) in [6, 6.07) is 9.03. The Labute approximate surface area is 206 Å². The summed E-state index contributed by atoms with van der Waals surface area (Å²) in [6.07, 6.45) is 6.28. The number of hydrogen-bond acceptors (Lipinski definition) is 7. The van der Waals surface area contributed by atoms with E-state index in [1.54, 1.807) is 12.1 Å². The van der Waals surface area contributed by atoms with E-state index in [1.807, 2.05) is 0 Å². The highest BCUT2D eigenvalue weighted by Crippen LogP contribution is 2.37. The summed E-state index contributed by atoms with van der Waals surface area (Å²) in [5.74, 6) is 0.888. The minimum atomic E-state index is -4.22. The van der Waals surface area contributed by atoms with E-state index in [0.717, 1.165) is 35.6 Å². The number of ether oxygens (including phenoxy) is 4. The first-order valence-electron chi connectivity index (χ1n) is 11.3. The number of amides is 1. The summed E-state index contributed by atoms with van der Waals surface area (Å²) in [5, 5.41) is 2.85. The predicted molar refractivity (Wildman–Crippen MR) is 133 cm³/mol. The molecule has 0 saturated carbocycles. The summed E-state index contributed by atoms with van der Waals surface area (Å²) in [6.45, 7) is -0.0637. The number of rotatable bonds is 11. The number of hydrogen-bond donors (Lipinski definition) is 1. The number of anilines is 1. The van der Waals surface area contributed by atoms with Crippen molar-refractivity contribution in [2.75, 3.05) is 45.8 Å². The summed E-state index contributed by atoms with van der Waals surface area (Å²) in [7, 11) is 1.57. The van der Waals surface area contributed by atoms with Crippen LogP contribution in [-0.2, 0) is 14.8 Å². The molecular formula is C25H32N2O7S. The number of methoxy groups -OCH3 is 4. The largest absolute Gasteiger partial charge is 0.497 e. The lowest BCUT2D eigenvalue weighted by molar-refractivity contribution is -0.119. The minimum Gasteiger partial charge on any atom is -0.497 e. The highest BCUT2D eigenvalue weighted by atomic mass is 32.2. The molecule has 9 nitrogen and oxygen atoms in total. The van der Waals surface area contributed by atoms with Crippen molar-refractivity contribution in [1.82, 2.24) is 5.32 Å². The molecule has 0 spiro atoms. The Balaban J connectivity index is 2.01. The molecular weight excluding hydrogens is 472 g/mol. The predicted octanol–water partition coefficient (Wildman–Crippen LogP) is 3.53. The number of carbonyl (C=O) groups is 1. The maximum atomic E-state index is 13.9. The van der Waals surface area contributed by atoms with Crippen LogP contribution in [0.3, 0.4) is 0 Å². The fourth-order valence-corrected chi connectivity index (χ4v) is 5.30. The Morgan fingerprint density at radius 3 is 2.26 bits per heavy atom. The van der Waals surface area contributed by atoms with Gasteiger partial charge >= 0.3 is 0 Å². The highest BCUT2D eigenvalue weighted by Gasteiger charge is 2.31. The molecule has 0 aliphatic heterocycles. The topological polar surface area (TPSA) is 103 Å².